The van der Waals surface area contributed by atoms with Gasteiger partial charge in [0.15, 0.2) is 11.0 Å². The average Bonchev–Trinajstić information content (AvgIpc) is 3.37. The number of nitrogens with zero attached hydrogens (tertiary/aromatic N) is 5. The summed E-state index contributed by atoms with van der Waals surface area (Å²) in [5.41, 5.74) is 2.93. The molecule has 4 rings (SSSR count). The van der Waals surface area contributed by atoms with Crippen molar-refractivity contribution in [1.29, 1.82) is 0 Å². The minimum absolute atomic E-state index is 0.155. The number of nitrogens with one attached hydrogen (secondary N) is 1. The molecule has 2 heterocycles. The van der Waals surface area contributed by atoms with Crippen LogP contribution in [0, 0.1) is 5.82 Å². The van der Waals surface area contributed by atoms with Gasteiger partial charge in [0.05, 0.1) is 11.3 Å². The molecule has 0 saturated carbocycles. The van der Waals surface area contributed by atoms with Crippen LogP contribution in [0.3, 0.4) is 0 Å². The topological polar surface area (TPSA) is 77.6 Å². The zero-order valence-electron chi connectivity index (χ0n) is 17.4. The van der Waals surface area contributed by atoms with Gasteiger partial charge in [0.25, 0.3) is 0 Å². The molecule has 0 aliphatic heterocycles. The van der Waals surface area contributed by atoms with Crippen LogP contribution in [0.4, 0.5) is 10.1 Å². The van der Waals surface area contributed by atoms with E-state index in [0.717, 1.165) is 11.1 Å². The third-order valence-corrected chi connectivity index (χ3v) is 5.90. The number of carbonyl (C=O) groups excluding carboxylic acids is 1. The van der Waals surface area contributed by atoms with Gasteiger partial charge in [-0.1, -0.05) is 23.4 Å². The highest BCUT2D eigenvalue weighted by molar-refractivity contribution is 7.99. The maximum atomic E-state index is 13.4. The van der Waals surface area contributed by atoms with Gasteiger partial charge in [-0.05, 0) is 55.5 Å². The second kappa shape index (κ2) is 9.54. The standard InChI is InChI=1S/C22H20ClFN6OS/c1-3-30-21(18-12-29(2)28-20(18)14-4-8-16(24)9-5-14)26-27-22(30)32-13-19(31)25-17-10-6-15(23)7-11-17/h4-12H,3,13H2,1-2H3,(H,25,31). The van der Waals surface area contributed by atoms with E-state index >= 15 is 0 Å². The molecule has 32 heavy (non-hydrogen) atoms. The number of hydrogen-bond acceptors (Lipinski definition) is 5. The number of hydrogen-bond donors (Lipinski definition) is 1. The fourth-order valence-electron chi connectivity index (χ4n) is 3.21. The molecule has 1 amide bonds. The molecule has 0 fully saturated rings. The number of carbonyl (C=O) groups is 1. The van der Waals surface area contributed by atoms with Crippen LogP contribution in [-0.4, -0.2) is 36.2 Å². The molecular weight excluding hydrogens is 451 g/mol. The summed E-state index contributed by atoms with van der Waals surface area (Å²) in [4.78, 5) is 12.4. The van der Waals surface area contributed by atoms with Crippen LogP contribution in [-0.2, 0) is 18.4 Å². The first-order chi connectivity index (χ1) is 15.4. The Morgan fingerprint density at radius 3 is 2.53 bits per heavy atom. The summed E-state index contributed by atoms with van der Waals surface area (Å²) in [7, 11) is 1.82. The van der Waals surface area contributed by atoms with Gasteiger partial charge in [0.2, 0.25) is 5.91 Å². The maximum Gasteiger partial charge on any atom is 0.234 e. The number of aromatic nitrogens is 5. The summed E-state index contributed by atoms with van der Waals surface area (Å²) in [5.74, 6) is 0.357. The first kappa shape index (κ1) is 22.0. The number of rotatable bonds is 7. The summed E-state index contributed by atoms with van der Waals surface area (Å²) >= 11 is 7.18. The monoisotopic (exact) mass is 470 g/mol. The minimum atomic E-state index is -0.307. The van der Waals surface area contributed by atoms with Crippen LogP contribution in [0.5, 0.6) is 0 Å². The summed E-state index contributed by atoms with van der Waals surface area (Å²) in [6.45, 7) is 2.60. The van der Waals surface area contributed by atoms with E-state index in [2.05, 4.69) is 20.6 Å². The van der Waals surface area contributed by atoms with Crippen LogP contribution < -0.4 is 5.32 Å². The van der Waals surface area contributed by atoms with Gasteiger partial charge >= 0.3 is 0 Å². The lowest BCUT2D eigenvalue weighted by Gasteiger charge is -2.08. The fraction of sp³-hybridized carbons (Fsp3) is 0.182. The highest BCUT2D eigenvalue weighted by Gasteiger charge is 2.20. The third-order valence-electron chi connectivity index (χ3n) is 4.68. The van der Waals surface area contributed by atoms with Crippen molar-refractivity contribution in [2.75, 3.05) is 11.1 Å². The van der Waals surface area contributed by atoms with Gasteiger partial charge in [-0.15, -0.1) is 10.2 Å². The van der Waals surface area contributed by atoms with Crippen molar-refractivity contribution in [3.05, 3.63) is 65.6 Å². The predicted molar refractivity (Wildman–Crippen MR) is 124 cm³/mol. The van der Waals surface area contributed by atoms with E-state index in [-0.39, 0.29) is 17.5 Å². The molecule has 4 aromatic rings. The number of thioether (sulfide) groups is 1. The van der Waals surface area contributed by atoms with Crippen molar-refractivity contribution < 1.29 is 9.18 Å². The van der Waals surface area contributed by atoms with Crippen molar-refractivity contribution >= 4 is 35.0 Å². The van der Waals surface area contributed by atoms with E-state index in [1.807, 2.05) is 24.7 Å². The molecule has 164 valence electrons. The van der Waals surface area contributed by atoms with E-state index < -0.39 is 0 Å². The molecule has 0 aliphatic rings. The molecule has 0 aliphatic carbocycles. The lowest BCUT2D eigenvalue weighted by Crippen LogP contribution is -2.14. The molecule has 7 nitrogen and oxygen atoms in total. The molecule has 10 heteroatoms. The molecule has 0 unspecified atom stereocenters. The molecule has 0 radical (unpaired) electrons. The number of aryl methyl sites for hydroxylation is 1. The van der Waals surface area contributed by atoms with Crippen LogP contribution in [0.15, 0.2) is 59.9 Å². The first-order valence-corrected chi connectivity index (χ1v) is 11.2. The van der Waals surface area contributed by atoms with Crippen LogP contribution >= 0.6 is 23.4 Å². The average molecular weight is 471 g/mol. The van der Waals surface area contributed by atoms with Crippen molar-refractivity contribution in [3.8, 4) is 22.6 Å². The van der Waals surface area contributed by atoms with Crippen LogP contribution in [0.1, 0.15) is 6.92 Å². The van der Waals surface area contributed by atoms with E-state index in [9.17, 15) is 9.18 Å². The van der Waals surface area contributed by atoms with Gasteiger partial charge in [-0.2, -0.15) is 5.10 Å². The lowest BCUT2D eigenvalue weighted by molar-refractivity contribution is -0.113. The molecule has 2 aromatic carbocycles. The van der Waals surface area contributed by atoms with E-state index in [1.54, 1.807) is 41.1 Å². The van der Waals surface area contributed by atoms with E-state index in [1.165, 1.54) is 23.9 Å². The second-order valence-corrected chi connectivity index (χ2v) is 8.35. The van der Waals surface area contributed by atoms with Gasteiger partial charge in [0.1, 0.15) is 11.5 Å². The SMILES string of the molecule is CCn1c(SCC(=O)Nc2ccc(Cl)cc2)nnc1-c1cn(C)nc1-c1ccc(F)cc1. The Bertz CT molecular complexity index is 1240. The van der Waals surface area contributed by atoms with Gasteiger partial charge in [-0.25, -0.2) is 4.39 Å². The van der Waals surface area contributed by atoms with E-state index in [0.29, 0.717) is 33.9 Å². The Hall–Kier alpha value is -3.17. The molecule has 0 spiro atoms. The van der Waals surface area contributed by atoms with Gasteiger partial charge in [0, 0.05) is 36.1 Å². The Labute approximate surface area is 193 Å². The Kier molecular flexibility index (Phi) is 6.57. The molecule has 2 aromatic heterocycles. The van der Waals surface area contributed by atoms with Gasteiger partial charge < -0.3 is 9.88 Å². The van der Waals surface area contributed by atoms with Crippen molar-refractivity contribution in [2.45, 2.75) is 18.6 Å². The summed E-state index contributed by atoms with van der Waals surface area (Å²) in [6, 6.07) is 13.1. The second-order valence-electron chi connectivity index (χ2n) is 6.97. The highest BCUT2D eigenvalue weighted by Crippen LogP contribution is 2.32. The van der Waals surface area contributed by atoms with E-state index in [4.69, 9.17) is 11.6 Å². The van der Waals surface area contributed by atoms with Crippen molar-refractivity contribution in [3.63, 3.8) is 0 Å². The van der Waals surface area contributed by atoms with Crippen LogP contribution in [0.25, 0.3) is 22.6 Å². The molecule has 1 N–H and O–H groups in total. The zero-order valence-corrected chi connectivity index (χ0v) is 19.0. The lowest BCUT2D eigenvalue weighted by atomic mass is 10.1. The number of benzene rings is 2. The van der Waals surface area contributed by atoms with Gasteiger partial charge in [-0.3, -0.25) is 9.48 Å². The zero-order chi connectivity index (χ0) is 22.7. The van der Waals surface area contributed by atoms with Crippen molar-refractivity contribution in [2.24, 2.45) is 7.05 Å². The first-order valence-electron chi connectivity index (χ1n) is 9.86. The smallest absolute Gasteiger partial charge is 0.234 e. The Morgan fingerprint density at radius 1 is 1.12 bits per heavy atom. The maximum absolute atomic E-state index is 13.4. The fourth-order valence-corrected chi connectivity index (χ4v) is 4.14. The minimum Gasteiger partial charge on any atom is -0.325 e. The molecule has 0 atom stereocenters. The number of amides is 1. The quantitative estimate of drug-likeness (QED) is 0.389. The van der Waals surface area contributed by atoms with Crippen LogP contribution in [0.2, 0.25) is 5.02 Å². The highest BCUT2D eigenvalue weighted by atomic mass is 35.5. The normalized spacial score (nSPS) is 11.0. The van der Waals surface area contributed by atoms with Crippen molar-refractivity contribution in [1.82, 2.24) is 24.5 Å². The molecule has 0 saturated heterocycles. The number of anilines is 1. The Balaban J connectivity index is 1.54. The molecular formula is C22H20ClFN6OS. The summed E-state index contributed by atoms with van der Waals surface area (Å²) in [5, 5.41) is 17.3. The number of halogens is 2. The Morgan fingerprint density at radius 2 is 1.84 bits per heavy atom. The summed E-state index contributed by atoms with van der Waals surface area (Å²) < 4.78 is 17.0. The predicted octanol–water partition coefficient (Wildman–Crippen LogP) is 4.89. The summed E-state index contributed by atoms with van der Waals surface area (Å²) in [6.07, 6.45) is 1.86. The largest absolute Gasteiger partial charge is 0.325 e. The third kappa shape index (κ3) is 4.84. The molecule has 0 bridgehead atoms.